The Morgan fingerprint density at radius 2 is 2.46 bits per heavy atom. The van der Waals surface area contributed by atoms with E-state index in [0.717, 1.165) is 21.9 Å². The normalized spacial score (nSPS) is 12.1. The molecule has 70 valence electrons. The lowest BCUT2D eigenvalue weighted by atomic mass is 10.2. The standard InChI is InChI=1S/C8H10BrN3S/c1-3-5-6(4-2)10-8-12-11-7(9)13-8/h2,6H,3,5H2,1H3,(H,10,12). The maximum absolute atomic E-state index is 5.35. The molecule has 0 saturated heterocycles. The molecule has 0 saturated carbocycles. The molecule has 1 heterocycles. The molecule has 5 heteroatoms. The largest absolute Gasteiger partial charge is 0.346 e. The van der Waals surface area contributed by atoms with Gasteiger partial charge in [0.1, 0.15) is 0 Å². The van der Waals surface area contributed by atoms with Crippen LogP contribution in [0.15, 0.2) is 3.92 Å². The molecule has 1 aromatic heterocycles. The molecule has 0 fully saturated rings. The molecule has 1 N–H and O–H groups in total. The fourth-order valence-corrected chi connectivity index (χ4v) is 1.96. The van der Waals surface area contributed by atoms with Gasteiger partial charge in [0, 0.05) is 0 Å². The van der Waals surface area contributed by atoms with Gasteiger partial charge >= 0.3 is 0 Å². The van der Waals surface area contributed by atoms with Crippen molar-refractivity contribution in [3.05, 3.63) is 3.92 Å². The van der Waals surface area contributed by atoms with E-state index in [1.165, 1.54) is 11.3 Å². The van der Waals surface area contributed by atoms with Crippen LogP contribution in [0, 0.1) is 12.3 Å². The number of terminal acetylenes is 1. The van der Waals surface area contributed by atoms with Crippen molar-refractivity contribution in [1.29, 1.82) is 0 Å². The molecule has 1 unspecified atom stereocenters. The first-order valence-electron chi connectivity index (χ1n) is 3.98. The molecule has 0 radical (unpaired) electrons. The van der Waals surface area contributed by atoms with Crippen molar-refractivity contribution in [2.45, 2.75) is 25.8 Å². The molecule has 1 aromatic rings. The lowest BCUT2D eigenvalue weighted by molar-refractivity contribution is 0.753. The Morgan fingerprint density at radius 3 is 2.92 bits per heavy atom. The van der Waals surface area contributed by atoms with Gasteiger partial charge in [-0.25, -0.2) is 0 Å². The first-order valence-corrected chi connectivity index (χ1v) is 5.59. The van der Waals surface area contributed by atoms with Crippen molar-refractivity contribution in [2.24, 2.45) is 0 Å². The molecule has 1 atom stereocenters. The summed E-state index contributed by atoms with van der Waals surface area (Å²) in [5.41, 5.74) is 0. The quantitative estimate of drug-likeness (QED) is 0.845. The molecular weight excluding hydrogens is 250 g/mol. The van der Waals surface area contributed by atoms with Crippen LogP contribution in [0.1, 0.15) is 19.8 Å². The van der Waals surface area contributed by atoms with Crippen LogP contribution in [0.5, 0.6) is 0 Å². The molecule has 0 aliphatic heterocycles. The van der Waals surface area contributed by atoms with Gasteiger partial charge < -0.3 is 5.32 Å². The molecule has 0 spiro atoms. The van der Waals surface area contributed by atoms with Gasteiger partial charge in [0.25, 0.3) is 0 Å². The van der Waals surface area contributed by atoms with Crippen molar-refractivity contribution in [1.82, 2.24) is 10.2 Å². The van der Waals surface area contributed by atoms with Gasteiger partial charge in [-0.3, -0.25) is 0 Å². The molecule has 13 heavy (non-hydrogen) atoms. The number of rotatable bonds is 4. The Balaban J connectivity index is 2.52. The third kappa shape index (κ3) is 3.33. The summed E-state index contributed by atoms with van der Waals surface area (Å²) in [6.45, 7) is 2.10. The third-order valence-electron chi connectivity index (χ3n) is 1.48. The summed E-state index contributed by atoms with van der Waals surface area (Å²) < 4.78 is 0.766. The van der Waals surface area contributed by atoms with Crippen LogP contribution in [0.4, 0.5) is 5.13 Å². The molecule has 0 bridgehead atoms. The zero-order valence-corrected chi connectivity index (χ0v) is 9.65. The van der Waals surface area contributed by atoms with Crippen LogP contribution in [0.2, 0.25) is 0 Å². The predicted octanol–water partition coefficient (Wildman–Crippen LogP) is 2.51. The number of anilines is 1. The fourth-order valence-electron chi connectivity index (χ4n) is 0.899. The van der Waals surface area contributed by atoms with Crippen LogP contribution < -0.4 is 5.32 Å². The van der Waals surface area contributed by atoms with Crippen LogP contribution >= 0.6 is 27.3 Å². The molecular formula is C8H10BrN3S. The molecule has 0 aromatic carbocycles. The summed E-state index contributed by atoms with van der Waals surface area (Å²) in [5, 5.41) is 11.6. The smallest absolute Gasteiger partial charge is 0.207 e. The molecule has 3 nitrogen and oxygen atoms in total. The van der Waals surface area contributed by atoms with E-state index in [-0.39, 0.29) is 6.04 Å². The van der Waals surface area contributed by atoms with E-state index in [0.29, 0.717) is 0 Å². The number of halogens is 1. The van der Waals surface area contributed by atoms with Gasteiger partial charge in [-0.1, -0.05) is 30.6 Å². The van der Waals surface area contributed by atoms with Crippen molar-refractivity contribution >= 4 is 32.4 Å². The van der Waals surface area contributed by atoms with Crippen LogP contribution in [-0.2, 0) is 0 Å². The zero-order chi connectivity index (χ0) is 9.68. The highest BCUT2D eigenvalue weighted by atomic mass is 79.9. The Labute approximate surface area is 90.1 Å². The Morgan fingerprint density at radius 1 is 1.69 bits per heavy atom. The first-order chi connectivity index (χ1) is 6.26. The van der Waals surface area contributed by atoms with Crippen molar-refractivity contribution in [3.63, 3.8) is 0 Å². The second-order valence-electron chi connectivity index (χ2n) is 2.51. The predicted molar refractivity (Wildman–Crippen MR) is 58.8 cm³/mol. The number of hydrogen-bond acceptors (Lipinski definition) is 4. The van der Waals surface area contributed by atoms with Gasteiger partial charge in [0.2, 0.25) is 5.13 Å². The number of aromatic nitrogens is 2. The van der Waals surface area contributed by atoms with Gasteiger partial charge in [-0.2, -0.15) is 0 Å². The zero-order valence-electron chi connectivity index (χ0n) is 7.25. The molecule has 0 aliphatic rings. The average Bonchev–Trinajstić information content (AvgIpc) is 2.50. The number of nitrogens with one attached hydrogen (secondary N) is 1. The maximum atomic E-state index is 5.35. The minimum absolute atomic E-state index is 0.0600. The highest BCUT2D eigenvalue weighted by Crippen LogP contribution is 2.21. The average molecular weight is 260 g/mol. The lowest BCUT2D eigenvalue weighted by Gasteiger charge is -2.08. The van der Waals surface area contributed by atoms with E-state index in [2.05, 4.69) is 44.3 Å². The van der Waals surface area contributed by atoms with E-state index < -0.39 is 0 Å². The van der Waals surface area contributed by atoms with E-state index >= 15 is 0 Å². The van der Waals surface area contributed by atoms with E-state index in [4.69, 9.17) is 6.42 Å². The van der Waals surface area contributed by atoms with Crippen LogP contribution in [0.25, 0.3) is 0 Å². The summed E-state index contributed by atoms with van der Waals surface area (Å²) in [6, 6.07) is 0.0600. The second-order valence-corrected chi connectivity index (χ2v) is 4.77. The van der Waals surface area contributed by atoms with E-state index in [1.807, 2.05) is 0 Å². The Kier molecular flexibility index (Phi) is 4.19. The number of nitrogens with zero attached hydrogens (tertiary/aromatic N) is 2. The number of hydrogen-bond donors (Lipinski definition) is 1. The van der Waals surface area contributed by atoms with E-state index in [9.17, 15) is 0 Å². The Bertz CT molecular complexity index is 305. The highest BCUT2D eigenvalue weighted by molar-refractivity contribution is 9.11. The van der Waals surface area contributed by atoms with Crippen molar-refractivity contribution < 1.29 is 0 Å². The third-order valence-corrected chi connectivity index (χ3v) is 2.76. The van der Waals surface area contributed by atoms with Crippen LogP contribution in [0.3, 0.4) is 0 Å². The van der Waals surface area contributed by atoms with Crippen molar-refractivity contribution in [2.75, 3.05) is 5.32 Å². The molecule has 1 rings (SSSR count). The Hall–Kier alpha value is -0.600. The second kappa shape index (κ2) is 5.20. The van der Waals surface area contributed by atoms with Crippen LogP contribution in [-0.4, -0.2) is 16.2 Å². The minimum Gasteiger partial charge on any atom is -0.346 e. The summed E-state index contributed by atoms with van der Waals surface area (Å²) in [4.78, 5) is 0. The summed E-state index contributed by atoms with van der Waals surface area (Å²) in [5.74, 6) is 2.67. The molecule has 0 amide bonds. The lowest BCUT2D eigenvalue weighted by Crippen LogP contribution is -2.16. The topological polar surface area (TPSA) is 37.8 Å². The maximum Gasteiger partial charge on any atom is 0.207 e. The minimum atomic E-state index is 0.0600. The summed E-state index contributed by atoms with van der Waals surface area (Å²) in [7, 11) is 0. The molecule has 0 aliphatic carbocycles. The summed E-state index contributed by atoms with van der Waals surface area (Å²) >= 11 is 4.68. The van der Waals surface area contributed by atoms with Gasteiger partial charge in [0.05, 0.1) is 6.04 Å². The van der Waals surface area contributed by atoms with Gasteiger partial charge in [-0.05, 0) is 22.4 Å². The van der Waals surface area contributed by atoms with E-state index in [1.54, 1.807) is 0 Å². The van der Waals surface area contributed by atoms with Gasteiger partial charge in [0.15, 0.2) is 3.92 Å². The highest BCUT2D eigenvalue weighted by Gasteiger charge is 2.06. The fraction of sp³-hybridized carbons (Fsp3) is 0.500. The van der Waals surface area contributed by atoms with Crippen molar-refractivity contribution in [3.8, 4) is 12.3 Å². The summed E-state index contributed by atoms with van der Waals surface area (Å²) in [6.07, 6.45) is 7.36. The SMILES string of the molecule is C#CC(CCC)Nc1nnc(Br)s1. The monoisotopic (exact) mass is 259 g/mol. The first kappa shape index (κ1) is 10.5. The van der Waals surface area contributed by atoms with Gasteiger partial charge in [-0.15, -0.1) is 16.6 Å².